The first kappa shape index (κ1) is 13.9. The first-order chi connectivity index (χ1) is 10.7. The number of carbonyl (C=O) groups is 1. The SMILES string of the molecule is COc1ccc(-n2ncc(-c3ccccc3C=O)c2N)cc1. The van der Waals surface area contributed by atoms with Gasteiger partial charge < -0.3 is 10.5 Å². The van der Waals surface area contributed by atoms with Gasteiger partial charge in [0.2, 0.25) is 0 Å². The van der Waals surface area contributed by atoms with E-state index >= 15 is 0 Å². The molecule has 2 N–H and O–H groups in total. The first-order valence-corrected chi connectivity index (χ1v) is 6.77. The van der Waals surface area contributed by atoms with Crippen LogP contribution in [-0.4, -0.2) is 23.2 Å². The van der Waals surface area contributed by atoms with Gasteiger partial charge in [-0.3, -0.25) is 4.79 Å². The Balaban J connectivity index is 2.06. The maximum absolute atomic E-state index is 11.2. The molecule has 0 aliphatic heterocycles. The van der Waals surface area contributed by atoms with Crippen molar-refractivity contribution in [1.29, 1.82) is 0 Å². The van der Waals surface area contributed by atoms with Crippen LogP contribution in [-0.2, 0) is 0 Å². The Morgan fingerprint density at radius 1 is 1.09 bits per heavy atom. The van der Waals surface area contributed by atoms with E-state index in [0.29, 0.717) is 11.4 Å². The molecule has 0 bridgehead atoms. The fourth-order valence-corrected chi connectivity index (χ4v) is 2.34. The normalized spacial score (nSPS) is 10.4. The lowest BCUT2D eigenvalue weighted by atomic mass is 10.0. The number of nitrogens with two attached hydrogens (primary N) is 1. The van der Waals surface area contributed by atoms with Crippen LogP contribution in [0.4, 0.5) is 5.82 Å². The Hall–Kier alpha value is -3.08. The number of nitrogens with zero attached hydrogens (tertiary/aromatic N) is 2. The second kappa shape index (κ2) is 5.73. The number of ether oxygens (including phenoxy) is 1. The van der Waals surface area contributed by atoms with E-state index in [-0.39, 0.29) is 0 Å². The van der Waals surface area contributed by atoms with Crippen LogP contribution in [0.25, 0.3) is 16.8 Å². The van der Waals surface area contributed by atoms with Gasteiger partial charge in [-0.2, -0.15) is 5.10 Å². The third kappa shape index (κ3) is 2.33. The lowest BCUT2D eigenvalue weighted by Crippen LogP contribution is -2.02. The van der Waals surface area contributed by atoms with E-state index in [1.165, 1.54) is 0 Å². The van der Waals surface area contributed by atoms with Crippen molar-refractivity contribution >= 4 is 12.1 Å². The lowest BCUT2D eigenvalue weighted by molar-refractivity contribution is 0.112. The molecule has 0 atom stereocenters. The standard InChI is InChI=1S/C17H15N3O2/c1-22-14-8-6-13(7-9-14)20-17(18)16(10-19-20)15-5-3-2-4-12(15)11-21/h2-11H,18H2,1H3. The van der Waals surface area contributed by atoms with E-state index in [0.717, 1.165) is 28.8 Å². The minimum absolute atomic E-state index is 0.486. The molecular formula is C17H15N3O2. The van der Waals surface area contributed by atoms with Crippen molar-refractivity contribution in [2.75, 3.05) is 12.8 Å². The zero-order chi connectivity index (χ0) is 15.5. The average molecular weight is 293 g/mol. The summed E-state index contributed by atoms with van der Waals surface area (Å²) < 4.78 is 6.78. The van der Waals surface area contributed by atoms with Gasteiger partial charge in [0.15, 0.2) is 6.29 Å². The second-order valence-corrected chi connectivity index (χ2v) is 4.76. The van der Waals surface area contributed by atoms with Crippen molar-refractivity contribution in [3.05, 3.63) is 60.3 Å². The van der Waals surface area contributed by atoms with Gasteiger partial charge in [-0.05, 0) is 29.8 Å². The van der Waals surface area contributed by atoms with Crippen LogP contribution < -0.4 is 10.5 Å². The molecule has 0 saturated carbocycles. The topological polar surface area (TPSA) is 70.1 Å². The molecule has 3 aromatic rings. The number of aldehydes is 1. The highest BCUT2D eigenvalue weighted by molar-refractivity contribution is 5.90. The Morgan fingerprint density at radius 3 is 2.50 bits per heavy atom. The minimum atomic E-state index is 0.486. The highest BCUT2D eigenvalue weighted by Crippen LogP contribution is 2.30. The van der Waals surface area contributed by atoms with Gasteiger partial charge in [0.05, 0.1) is 19.0 Å². The summed E-state index contributed by atoms with van der Waals surface area (Å²) in [7, 11) is 1.62. The van der Waals surface area contributed by atoms with Gasteiger partial charge in [-0.15, -0.1) is 0 Å². The van der Waals surface area contributed by atoms with Gasteiger partial charge in [0, 0.05) is 11.1 Å². The molecule has 1 heterocycles. The molecule has 0 aliphatic rings. The molecule has 0 saturated heterocycles. The van der Waals surface area contributed by atoms with E-state index in [1.54, 1.807) is 24.1 Å². The number of nitrogen functional groups attached to an aromatic ring is 1. The van der Waals surface area contributed by atoms with Crippen LogP contribution in [0.2, 0.25) is 0 Å². The van der Waals surface area contributed by atoms with Gasteiger partial charge in [-0.25, -0.2) is 4.68 Å². The van der Waals surface area contributed by atoms with Crippen molar-refractivity contribution < 1.29 is 9.53 Å². The minimum Gasteiger partial charge on any atom is -0.497 e. The van der Waals surface area contributed by atoms with Gasteiger partial charge >= 0.3 is 0 Å². The summed E-state index contributed by atoms with van der Waals surface area (Å²) in [5.74, 6) is 1.25. The molecule has 0 spiro atoms. The maximum atomic E-state index is 11.2. The van der Waals surface area contributed by atoms with E-state index < -0.39 is 0 Å². The predicted molar refractivity (Wildman–Crippen MR) is 85.4 cm³/mol. The summed E-state index contributed by atoms with van der Waals surface area (Å²) in [5, 5.41) is 4.33. The molecule has 22 heavy (non-hydrogen) atoms. The van der Waals surface area contributed by atoms with Gasteiger partial charge in [0.25, 0.3) is 0 Å². The number of anilines is 1. The molecular weight excluding hydrogens is 278 g/mol. The van der Waals surface area contributed by atoms with Gasteiger partial charge in [-0.1, -0.05) is 24.3 Å². The number of rotatable bonds is 4. The van der Waals surface area contributed by atoms with Crippen LogP contribution in [0.5, 0.6) is 5.75 Å². The molecule has 1 aromatic heterocycles. The Bertz CT molecular complexity index is 807. The number of hydrogen-bond donors (Lipinski definition) is 1. The third-order valence-electron chi connectivity index (χ3n) is 3.50. The summed E-state index contributed by atoms with van der Waals surface area (Å²) in [6.45, 7) is 0. The Kier molecular flexibility index (Phi) is 3.62. The zero-order valence-electron chi connectivity index (χ0n) is 12.1. The fourth-order valence-electron chi connectivity index (χ4n) is 2.34. The molecule has 5 nitrogen and oxygen atoms in total. The smallest absolute Gasteiger partial charge is 0.150 e. The summed E-state index contributed by atoms with van der Waals surface area (Å²) in [4.78, 5) is 11.2. The molecule has 3 rings (SSSR count). The summed E-state index contributed by atoms with van der Waals surface area (Å²) in [6, 6.07) is 14.7. The Morgan fingerprint density at radius 2 is 1.82 bits per heavy atom. The van der Waals surface area contributed by atoms with Crippen molar-refractivity contribution in [2.24, 2.45) is 0 Å². The van der Waals surface area contributed by atoms with E-state index in [9.17, 15) is 4.79 Å². The number of carbonyl (C=O) groups excluding carboxylic acids is 1. The van der Waals surface area contributed by atoms with Crippen molar-refractivity contribution in [1.82, 2.24) is 9.78 Å². The zero-order valence-corrected chi connectivity index (χ0v) is 12.1. The summed E-state index contributed by atoms with van der Waals surface area (Å²) in [6.07, 6.45) is 2.49. The fraction of sp³-hybridized carbons (Fsp3) is 0.0588. The first-order valence-electron chi connectivity index (χ1n) is 6.77. The third-order valence-corrected chi connectivity index (χ3v) is 3.50. The maximum Gasteiger partial charge on any atom is 0.150 e. The molecule has 110 valence electrons. The molecule has 5 heteroatoms. The number of aromatic nitrogens is 2. The van der Waals surface area contributed by atoms with Crippen molar-refractivity contribution in [3.63, 3.8) is 0 Å². The molecule has 0 aliphatic carbocycles. The van der Waals surface area contributed by atoms with Crippen LogP contribution in [0.1, 0.15) is 10.4 Å². The second-order valence-electron chi connectivity index (χ2n) is 4.76. The van der Waals surface area contributed by atoms with E-state index in [1.807, 2.05) is 42.5 Å². The van der Waals surface area contributed by atoms with Crippen molar-refractivity contribution in [3.8, 4) is 22.6 Å². The molecule has 2 aromatic carbocycles. The van der Waals surface area contributed by atoms with E-state index in [4.69, 9.17) is 10.5 Å². The largest absolute Gasteiger partial charge is 0.497 e. The Labute approximate surface area is 127 Å². The highest BCUT2D eigenvalue weighted by atomic mass is 16.5. The lowest BCUT2D eigenvalue weighted by Gasteiger charge is -2.07. The molecule has 0 unspecified atom stereocenters. The van der Waals surface area contributed by atoms with E-state index in [2.05, 4.69) is 5.10 Å². The number of methoxy groups -OCH3 is 1. The molecule has 0 radical (unpaired) electrons. The monoisotopic (exact) mass is 293 g/mol. The van der Waals surface area contributed by atoms with Crippen LogP contribution in [0, 0.1) is 0 Å². The van der Waals surface area contributed by atoms with Crippen LogP contribution >= 0.6 is 0 Å². The predicted octanol–water partition coefficient (Wildman–Crippen LogP) is 2.94. The van der Waals surface area contributed by atoms with Crippen molar-refractivity contribution in [2.45, 2.75) is 0 Å². The quantitative estimate of drug-likeness (QED) is 0.751. The molecule has 0 fully saturated rings. The summed E-state index contributed by atoms with van der Waals surface area (Å²) in [5.41, 5.74) is 9.14. The highest BCUT2D eigenvalue weighted by Gasteiger charge is 2.13. The average Bonchev–Trinajstić information content (AvgIpc) is 2.96. The van der Waals surface area contributed by atoms with Crippen LogP contribution in [0.3, 0.4) is 0 Å². The van der Waals surface area contributed by atoms with Gasteiger partial charge in [0.1, 0.15) is 11.6 Å². The number of hydrogen-bond acceptors (Lipinski definition) is 4. The molecule has 0 amide bonds. The number of benzene rings is 2. The summed E-state index contributed by atoms with van der Waals surface area (Å²) >= 11 is 0. The van der Waals surface area contributed by atoms with Crippen LogP contribution in [0.15, 0.2) is 54.7 Å².